The average Bonchev–Trinajstić information content (AvgIpc) is 3.16. The lowest BCUT2D eigenvalue weighted by molar-refractivity contribution is -0.142. The first-order valence-electron chi connectivity index (χ1n) is 9.21. The summed E-state index contributed by atoms with van der Waals surface area (Å²) in [5, 5.41) is 10.6. The van der Waals surface area contributed by atoms with E-state index >= 15 is 0 Å². The van der Waals surface area contributed by atoms with Gasteiger partial charge in [0, 0.05) is 6.54 Å². The number of nitrogens with zero attached hydrogens (tertiary/aromatic N) is 1. The lowest BCUT2D eigenvalue weighted by atomic mass is 9.95. The Kier molecular flexibility index (Phi) is 6.70. The molecule has 3 rings (SSSR count). The quantitative estimate of drug-likeness (QED) is 0.675. The van der Waals surface area contributed by atoms with Crippen LogP contribution in [0.4, 0.5) is 0 Å². The van der Waals surface area contributed by atoms with E-state index in [4.69, 9.17) is 32.7 Å². The Morgan fingerprint density at radius 3 is 2.75 bits per heavy atom. The Morgan fingerprint density at radius 1 is 1.29 bits per heavy atom. The van der Waals surface area contributed by atoms with Gasteiger partial charge in [-0.1, -0.05) is 41.4 Å². The summed E-state index contributed by atoms with van der Waals surface area (Å²) in [6.07, 6.45) is 1.40. The van der Waals surface area contributed by atoms with Gasteiger partial charge in [0.15, 0.2) is 11.5 Å². The molecule has 1 heterocycles. The molecule has 0 bridgehead atoms. The SMILES string of the molecule is CCOc1ccc(C(c2cccc(Cl)c2Cl)N2CCCC2C(=O)O)cc1OC. The van der Waals surface area contributed by atoms with Gasteiger partial charge in [-0.25, -0.2) is 0 Å². The number of rotatable bonds is 7. The summed E-state index contributed by atoms with van der Waals surface area (Å²) in [5.74, 6) is 0.396. The van der Waals surface area contributed by atoms with Crippen molar-refractivity contribution in [2.24, 2.45) is 0 Å². The van der Waals surface area contributed by atoms with Crippen LogP contribution in [0.3, 0.4) is 0 Å². The lowest BCUT2D eigenvalue weighted by Crippen LogP contribution is -2.39. The largest absolute Gasteiger partial charge is 0.493 e. The molecule has 1 saturated heterocycles. The third-order valence-corrected chi connectivity index (χ3v) is 5.82. The molecule has 2 unspecified atom stereocenters. The van der Waals surface area contributed by atoms with Crippen LogP contribution in [0.2, 0.25) is 10.0 Å². The number of carboxylic acids is 1. The molecular formula is C21H23Cl2NO4. The second-order valence-electron chi connectivity index (χ2n) is 6.62. The molecule has 1 aliphatic rings. The van der Waals surface area contributed by atoms with Crippen LogP contribution in [0.15, 0.2) is 36.4 Å². The van der Waals surface area contributed by atoms with Gasteiger partial charge in [0.2, 0.25) is 0 Å². The summed E-state index contributed by atoms with van der Waals surface area (Å²) < 4.78 is 11.1. The third-order valence-electron chi connectivity index (χ3n) is 4.99. The molecule has 2 atom stereocenters. The first-order chi connectivity index (χ1) is 13.5. The predicted octanol–water partition coefficient (Wildman–Crippen LogP) is 5.04. The van der Waals surface area contributed by atoms with Crippen molar-refractivity contribution in [1.82, 2.24) is 4.90 Å². The van der Waals surface area contributed by atoms with Gasteiger partial charge in [-0.15, -0.1) is 0 Å². The molecule has 2 aromatic carbocycles. The Hall–Kier alpha value is -1.95. The topological polar surface area (TPSA) is 59.0 Å². The molecule has 150 valence electrons. The van der Waals surface area contributed by atoms with E-state index in [0.717, 1.165) is 17.5 Å². The Balaban J connectivity index is 2.14. The molecule has 7 heteroatoms. The minimum Gasteiger partial charge on any atom is -0.493 e. The first-order valence-corrected chi connectivity index (χ1v) is 9.96. The van der Waals surface area contributed by atoms with Crippen LogP contribution in [-0.4, -0.2) is 42.3 Å². The summed E-state index contributed by atoms with van der Waals surface area (Å²) in [4.78, 5) is 13.8. The van der Waals surface area contributed by atoms with Crippen LogP contribution < -0.4 is 9.47 Å². The number of hydrogen-bond acceptors (Lipinski definition) is 4. The van der Waals surface area contributed by atoms with E-state index in [2.05, 4.69) is 0 Å². The first kappa shape index (κ1) is 20.8. The fraction of sp³-hybridized carbons (Fsp3) is 0.381. The summed E-state index contributed by atoms with van der Waals surface area (Å²) >= 11 is 12.8. The summed E-state index contributed by atoms with van der Waals surface area (Å²) in [5.41, 5.74) is 1.64. The van der Waals surface area contributed by atoms with Crippen LogP contribution in [0.5, 0.6) is 11.5 Å². The lowest BCUT2D eigenvalue weighted by Gasteiger charge is -2.33. The van der Waals surface area contributed by atoms with Crippen LogP contribution >= 0.6 is 23.2 Å². The molecule has 1 aliphatic heterocycles. The third kappa shape index (κ3) is 4.07. The monoisotopic (exact) mass is 423 g/mol. The van der Waals surface area contributed by atoms with Crippen LogP contribution in [0.1, 0.15) is 36.9 Å². The second kappa shape index (κ2) is 9.03. The van der Waals surface area contributed by atoms with Gasteiger partial charge in [-0.3, -0.25) is 9.69 Å². The van der Waals surface area contributed by atoms with Crippen molar-refractivity contribution in [2.75, 3.05) is 20.3 Å². The average molecular weight is 424 g/mol. The van der Waals surface area contributed by atoms with Crippen molar-refractivity contribution < 1.29 is 19.4 Å². The van der Waals surface area contributed by atoms with Crippen molar-refractivity contribution in [3.63, 3.8) is 0 Å². The number of carboxylic acid groups (broad SMARTS) is 1. The van der Waals surface area contributed by atoms with Crippen molar-refractivity contribution >= 4 is 29.2 Å². The number of halogens is 2. The molecular weight excluding hydrogens is 401 g/mol. The molecule has 0 aliphatic carbocycles. The maximum atomic E-state index is 11.8. The zero-order chi connectivity index (χ0) is 20.3. The zero-order valence-electron chi connectivity index (χ0n) is 15.8. The van der Waals surface area contributed by atoms with Gasteiger partial charge in [-0.05, 0) is 49.1 Å². The number of ether oxygens (including phenoxy) is 2. The normalized spacial score (nSPS) is 18.1. The minimum atomic E-state index is -0.835. The number of benzene rings is 2. The summed E-state index contributed by atoms with van der Waals surface area (Å²) in [6, 6.07) is 10.1. The molecule has 0 aromatic heterocycles. The van der Waals surface area contributed by atoms with Gasteiger partial charge in [-0.2, -0.15) is 0 Å². The Labute approximate surface area is 174 Å². The van der Waals surface area contributed by atoms with Gasteiger partial charge >= 0.3 is 5.97 Å². The van der Waals surface area contributed by atoms with Gasteiger partial charge < -0.3 is 14.6 Å². The van der Waals surface area contributed by atoms with Crippen molar-refractivity contribution in [1.29, 1.82) is 0 Å². The minimum absolute atomic E-state index is 0.362. The second-order valence-corrected chi connectivity index (χ2v) is 7.41. The number of carbonyl (C=O) groups is 1. The fourth-order valence-corrected chi connectivity index (χ4v) is 4.18. The summed E-state index contributed by atoms with van der Waals surface area (Å²) in [7, 11) is 1.58. The molecule has 0 amide bonds. The van der Waals surface area contributed by atoms with E-state index in [1.165, 1.54) is 0 Å². The van der Waals surface area contributed by atoms with E-state index < -0.39 is 12.0 Å². The van der Waals surface area contributed by atoms with Crippen LogP contribution in [0, 0.1) is 0 Å². The number of likely N-dealkylation sites (tertiary alicyclic amines) is 1. The van der Waals surface area contributed by atoms with Crippen molar-refractivity contribution in [3.05, 3.63) is 57.6 Å². The highest BCUT2D eigenvalue weighted by atomic mass is 35.5. The number of methoxy groups -OCH3 is 1. The highest BCUT2D eigenvalue weighted by Gasteiger charge is 2.38. The van der Waals surface area contributed by atoms with E-state index in [9.17, 15) is 9.90 Å². The van der Waals surface area contributed by atoms with E-state index in [1.807, 2.05) is 42.2 Å². The van der Waals surface area contributed by atoms with Crippen molar-refractivity contribution in [2.45, 2.75) is 31.8 Å². The molecule has 0 saturated carbocycles. The van der Waals surface area contributed by atoms with Gasteiger partial charge in [0.25, 0.3) is 0 Å². The van der Waals surface area contributed by atoms with Crippen LogP contribution in [-0.2, 0) is 4.79 Å². The molecule has 0 radical (unpaired) electrons. The van der Waals surface area contributed by atoms with Crippen molar-refractivity contribution in [3.8, 4) is 11.5 Å². The molecule has 28 heavy (non-hydrogen) atoms. The summed E-state index contributed by atoms with van der Waals surface area (Å²) in [6.45, 7) is 3.08. The van der Waals surface area contributed by atoms with E-state index in [0.29, 0.717) is 41.1 Å². The standard InChI is InChI=1S/C21H23Cl2NO4/c1-3-28-17-10-9-13(12-18(17)27-2)20(14-6-4-7-15(22)19(14)23)24-11-5-8-16(24)21(25)26/h4,6-7,9-10,12,16,20H,3,5,8,11H2,1-2H3,(H,25,26). The number of hydrogen-bond donors (Lipinski definition) is 1. The maximum Gasteiger partial charge on any atom is 0.320 e. The zero-order valence-corrected chi connectivity index (χ0v) is 17.3. The van der Waals surface area contributed by atoms with Crippen LogP contribution in [0.25, 0.3) is 0 Å². The molecule has 5 nitrogen and oxygen atoms in total. The Morgan fingerprint density at radius 2 is 2.07 bits per heavy atom. The highest BCUT2D eigenvalue weighted by Crippen LogP contribution is 2.42. The van der Waals surface area contributed by atoms with Gasteiger partial charge in [0.05, 0.1) is 29.8 Å². The predicted molar refractivity (Wildman–Crippen MR) is 110 cm³/mol. The Bertz CT molecular complexity index is 858. The highest BCUT2D eigenvalue weighted by molar-refractivity contribution is 6.42. The molecule has 1 N–H and O–H groups in total. The smallest absolute Gasteiger partial charge is 0.320 e. The fourth-order valence-electron chi connectivity index (χ4n) is 3.77. The van der Waals surface area contributed by atoms with E-state index in [1.54, 1.807) is 13.2 Å². The molecule has 1 fully saturated rings. The molecule has 0 spiro atoms. The van der Waals surface area contributed by atoms with E-state index in [-0.39, 0.29) is 6.04 Å². The van der Waals surface area contributed by atoms with Gasteiger partial charge in [0.1, 0.15) is 6.04 Å². The molecule has 2 aromatic rings. The number of aliphatic carboxylic acids is 1. The maximum absolute atomic E-state index is 11.8.